The Balaban J connectivity index is 2.03. The number of aliphatic hydroxyl groups is 1. The monoisotopic (exact) mass is 200 g/mol. The number of rotatable bonds is 5. The van der Waals surface area contributed by atoms with Gasteiger partial charge in [0, 0.05) is 13.0 Å². The number of amides is 1. The fourth-order valence-corrected chi connectivity index (χ4v) is 1.79. The molecule has 0 aliphatic carbocycles. The highest BCUT2D eigenvalue weighted by atomic mass is 16.3. The quantitative estimate of drug-likeness (QED) is 0.579. The van der Waals surface area contributed by atoms with Crippen LogP contribution < -0.4 is 10.6 Å². The Labute approximate surface area is 85.1 Å². The van der Waals surface area contributed by atoms with Crippen molar-refractivity contribution in [2.45, 2.75) is 25.7 Å². The second kappa shape index (κ2) is 6.79. The minimum atomic E-state index is 0.0269. The third-order valence-electron chi connectivity index (χ3n) is 2.67. The molecule has 1 aliphatic heterocycles. The van der Waals surface area contributed by atoms with E-state index in [4.69, 9.17) is 5.11 Å². The standard InChI is InChI=1S/C10H20N2O2/c13-8-7-12-10(14)2-1-9-3-5-11-6-4-9/h9,11,13H,1-8H2,(H,12,14). The van der Waals surface area contributed by atoms with Crippen LogP contribution in [-0.2, 0) is 4.79 Å². The summed E-state index contributed by atoms with van der Waals surface area (Å²) in [4.78, 5) is 11.2. The second-order valence-corrected chi connectivity index (χ2v) is 3.81. The lowest BCUT2D eigenvalue weighted by Gasteiger charge is -2.22. The Kier molecular flexibility index (Phi) is 5.56. The zero-order valence-electron chi connectivity index (χ0n) is 8.59. The molecule has 0 saturated carbocycles. The highest BCUT2D eigenvalue weighted by molar-refractivity contribution is 5.75. The van der Waals surface area contributed by atoms with Crippen LogP contribution in [0.15, 0.2) is 0 Å². The molecular formula is C10H20N2O2. The van der Waals surface area contributed by atoms with Crippen LogP contribution in [-0.4, -0.2) is 37.3 Å². The van der Waals surface area contributed by atoms with Gasteiger partial charge >= 0.3 is 0 Å². The average molecular weight is 200 g/mol. The average Bonchev–Trinajstić information content (AvgIpc) is 2.25. The minimum Gasteiger partial charge on any atom is -0.395 e. The molecule has 82 valence electrons. The second-order valence-electron chi connectivity index (χ2n) is 3.81. The van der Waals surface area contributed by atoms with Gasteiger partial charge in [0.2, 0.25) is 5.91 Å². The predicted molar refractivity (Wildman–Crippen MR) is 54.9 cm³/mol. The van der Waals surface area contributed by atoms with Crippen LogP contribution in [0.25, 0.3) is 0 Å². The molecular weight excluding hydrogens is 180 g/mol. The first-order valence-electron chi connectivity index (χ1n) is 5.41. The molecule has 0 aromatic heterocycles. The van der Waals surface area contributed by atoms with E-state index in [2.05, 4.69) is 10.6 Å². The maximum Gasteiger partial charge on any atom is 0.220 e. The van der Waals surface area contributed by atoms with E-state index in [-0.39, 0.29) is 12.5 Å². The van der Waals surface area contributed by atoms with Gasteiger partial charge in [-0.05, 0) is 38.3 Å². The van der Waals surface area contributed by atoms with E-state index in [1.165, 1.54) is 12.8 Å². The summed E-state index contributed by atoms with van der Waals surface area (Å²) in [6, 6.07) is 0. The Bertz CT molecular complexity index is 168. The van der Waals surface area contributed by atoms with Crippen molar-refractivity contribution in [2.75, 3.05) is 26.2 Å². The van der Waals surface area contributed by atoms with Crippen LogP contribution in [0.1, 0.15) is 25.7 Å². The molecule has 1 saturated heterocycles. The van der Waals surface area contributed by atoms with Gasteiger partial charge in [0.1, 0.15) is 0 Å². The molecule has 0 atom stereocenters. The minimum absolute atomic E-state index is 0.0269. The highest BCUT2D eigenvalue weighted by Crippen LogP contribution is 2.17. The first-order chi connectivity index (χ1) is 6.83. The zero-order valence-corrected chi connectivity index (χ0v) is 8.59. The van der Waals surface area contributed by atoms with Crippen LogP contribution in [0.4, 0.5) is 0 Å². The van der Waals surface area contributed by atoms with Crippen LogP contribution in [0.2, 0.25) is 0 Å². The SMILES string of the molecule is O=C(CCC1CCNCC1)NCCO. The molecule has 1 aliphatic rings. The fraction of sp³-hybridized carbons (Fsp3) is 0.900. The topological polar surface area (TPSA) is 61.4 Å². The summed E-state index contributed by atoms with van der Waals surface area (Å²) in [5.74, 6) is 0.772. The molecule has 1 rings (SSSR count). The summed E-state index contributed by atoms with van der Waals surface area (Å²) in [6.07, 6.45) is 3.96. The summed E-state index contributed by atoms with van der Waals surface area (Å²) < 4.78 is 0. The van der Waals surface area contributed by atoms with Gasteiger partial charge in [0.25, 0.3) is 0 Å². The van der Waals surface area contributed by atoms with Crippen molar-refractivity contribution in [2.24, 2.45) is 5.92 Å². The van der Waals surface area contributed by atoms with Gasteiger partial charge in [-0.15, -0.1) is 0 Å². The summed E-state index contributed by atoms with van der Waals surface area (Å²) in [7, 11) is 0. The summed E-state index contributed by atoms with van der Waals surface area (Å²) in [6.45, 7) is 2.58. The molecule has 0 bridgehead atoms. The van der Waals surface area contributed by atoms with Crippen LogP contribution in [0, 0.1) is 5.92 Å². The molecule has 1 fully saturated rings. The molecule has 14 heavy (non-hydrogen) atoms. The van der Waals surface area contributed by atoms with Gasteiger partial charge < -0.3 is 15.7 Å². The van der Waals surface area contributed by atoms with Crippen molar-refractivity contribution in [3.8, 4) is 0 Å². The largest absolute Gasteiger partial charge is 0.395 e. The lowest BCUT2D eigenvalue weighted by atomic mass is 9.93. The van der Waals surface area contributed by atoms with Gasteiger partial charge in [-0.3, -0.25) is 4.79 Å². The number of carbonyl (C=O) groups is 1. The van der Waals surface area contributed by atoms with Crippen molar-refractivity contribution < 1.29 is 9.90 Å². The molecule has 1 amide bonds. The van der Waals surface area contributed by atoms with Crippen LogP contribution >= 0.6 is 0 Å². The molecule has 0 unspecified atom stereocenters. The van der Waals surface area contributed by atoms with Crippen LogP contribution in [0.5, 0.6) is 0 Å². The molecule has 1 heterocycles. The van der Waals surface area contributed by atoms with Gasteiger partial charge in [-0.1, -0.05) is 0 Å². The smallest absolute Gasteiger partial charge is 0.220 e. The number of aliphatic hydroxyl groups excluding tert-OH is 1. The third-order valence-corrected chi connectivity index (χ3v) is 2.67. The molecule has 0 aromatic carbocycles. The molecule has 0 radical (unpaired) electrons. The fourth-order valence-electron chi connectivity index (χ4n) is 1.79. The predicted octanol–water partition coefficient (Wildman–Crippen LogP) is -0.125. The Morgan fingerprint density at radius 2 is 2.14 bits per heavy atom. The van der Waals surface area contributed by atoms with Gasteiger partial charge in [0.15, 0.2) is 0 Å². The maximum atomic E-state index is 11.2. The van der Waals surface area contributed by atoms with Gasteiger partial charge in [-0.2, -0.15) is 0 Å². The van der Waals surface area contributed by atoms with E-state index in [9.17, 15) is 4.79 Å². The van der Waals surface area contributed by atoms with Gasteiger partial charge in [0.05, 0.1) is 6.61 Å². The normalized spacial score (nSPS) is 18.1. The van der Waals surface area contributed by atoms with E-state index < -0.39 is 0 Å². The molecule has 0 aromatic rings. The molecule has 4 nitrogen and oxygen atoms in total. The Hall–Kier alpha value is -0.610. The number of nitrogens with one attached hydrogen (secondary N) is 2. The van der Waals surface area contributed by atoms with Crippen molar-refractivity contribution >= 4 is 5.91 Å². The van der Waals surface area contributed by atoms with E-state index in [0.717, 1.165) is 19.5 Å². The third kappa shape index (κ3) is 4.58. The lowest BCUT2D eigenvalue weighted by Crippen LogP contribution is -2.30. The maximum absolute atomic E-state index is 11.2. The van der Waals surface area contributed by atoms with Crippen molar-refractivity contribution in [1.82, 2.24) is 10.6 Å². The summed E-state index contributed by atoms with van der Waals surface area (Å²) in [5, 5.41) is 14.5. The van der Waals surface area contributed by atoms with Crippen molar-refractivity contribution in [3.05, 3.63) is 0 Å². The molecule has 4 heteroatoms. The van der Waals surface area contributed by atoms with Crippen LogP contribution in [0.3, 0.4) is 0 Å². The van der Waals surface area contributed by atoms with E-state index in [1.807, 2.05) is 0 Å². The number of carbonyl (C=O) groups excluding carboxylic acids is 1. The number of piperidine rings is 1. The van der Waals surface area contributed by atoms with Crippen molar-refractivity contribution in [3.63, 3.8) is 0 Å². The number of hydrogen-bond acceptors (Lipinski definition) is 3. The lowest BCUT2D eigenvalue weighted by molar-refractivity contribution is -0.121. The first kappa shape index (κ1) is 11.5. The van der Waals surface area contributed by atoms with E-state index >= 15 is 0 Å². The highest BCUT2D eigenvalue weighted by Gasteiger charge is 2.13. The summed E-state index contributed by atoms with van der Waals surface area (Å²) in [5.41, 5.74) is 0. The zero-order chi connectivity index (χ0) is 10.2. The molecule has 3 N–H and O–H groups in total. The Morgan fingerprint density at radius 3 is 2.79 bits per heavy atom. The summed E-state index contributed by atoms with van der Waals surface area (Å²) >= 11 is 0. The van der Waals surface area contributed by atoms with Gasteiger partial charge in [-0.25, -0.2) is 0 Å². The first-order valence-corrected chi connectivity index (χ1v) is 5.41. The van der Waals surface area contributed by atoms with E-state index in [0.29, 0.717) is 18.9 Å². The Morgan fingerprint density at radius 1 is 1.43 bits per heavy atom. The van der Waals surface area contributed by atoms with E-state index in [1.54, 1.807) is 0 Å². The molecule has 0 spiro atoms. The number of hydrogen-bond donors (Lipinski definition) is 3. The van der Waals surface area contributed by atoms with Crippen molar-refractivity contribution in [1.29, 1.82) is 0 Å².